The summed E-state index contributed by atoms with van der Waals surface area (Å²) in [5.74, 6) is 0. The zero-order chi connectivity index (χ0) is 9.52. The highest BCUT2D eigenvalue weighted by Gasteiger charge is 2.06. The first-order valence-corrected chi connectivity index (χ1v) is 5.16. The third-order valence-electron chi connectivity index (χ3n) is 2.23. The van der Waals surface area contributed by atoms with Gasteiger partial charge in [0.1, 0.15) is 0 Å². The summed E-state index contributed by atoms with van der Waals surface area (Å²) in [6, 6.07) is 11.2. The zero-order valence-electron chi connectivity index (χ0n) is 8.59. The summed E-state index contributed by atoms with van der Waals surface area (Å²) in [5, 5.41) is 3.50. The highest BCUT2D eigenvalue weighted by Crippen LogP contribution is 2.17. The average Bonchev–Trinajstić information content (AvgIpc) is 2.19. The van der Waals surface area contributed by atoms with E-state index in [1.807, 2.05) is 0 Å². The second kappa shape index (κ2) is 5.76. The maximum absolute atomic E-state index is 3.50. The van der Waals surface area contributed by atoms with Crippen molar-refractivity contribution in [3.8, 4) is 0 Å². The lowest BCUT2D eigenvalue weighted by atomic mass is 10.0. The van der Waals surface area contributed by atoms with E-state index in [-0.39, 0.29) is 0 Å². The van der Waals surface area contributed by atoms with Gasteiger partial charge < -0.3 is 5.32 Å². The Balaban J connectivity index is 2.64. The summed E-state index contributed by atoms with van der Waals surface area (Å²) < 4.78 is 0. The Bertz CT molecular complexity index is 212. The van der Waals surface area contributed by atoms with Crippen molar-refractivity contribution >= 4 is 0 Å². The van der Waals surface area contributed by atoms with Gasteiger partial charge in [0.15, 0.2) is 0 Å². The second-order valence-corrected chi connectivity index (χ2v) is 3.31. The van der Waals surface area contributed by atoms with Crippen LogP contribution < -0.4 is 5.32 Å². The molecule has 0 saturated heterocycles. The first-order valence-electron chi connectivity index (χ1n) is 5.16. The summed E-state index contributed by atoms with van der Waals surface area (Å²) in [6.45, 7) is 5.43. The minimum atomic E-state index is 0.538. The molecule has 0 spiro atoms. The average molecular weight is 177 g/mol. The van der Waals surface area contributed by atoms with Crippen LogP contribution in [0.1, 0.15) is 38.3 Å². The molecular weight excluding hydrogens is 158 g/mol. The lowest BCUT2D eigenvalue weighted by molar-refractivity contribution is 0.509. The first-order chi connectivity index (χ1) is 6.38. The molecule has 1 unspecified atom stereocenters. The van der Waals surface area contributed by atoms with Crippen molar-refractivity contribution in [2.45, 2.75) is 32.7 Å². The molecule has 0 aliphatic heterocycles. The Kier molecular flexibility index (Phi) is 4.55. The Labute approximate surface area is 81.2 Å². The Hall–Kier alpha value is -0.820. The molecule has 0 aliphatic carbocycles. The van der Waals surface area contributed by atoms with Crippen molar-refractivity contribution in [1.82, 2.24) is 5.32 Å². The van der Waals surface area contributed by atoms with Crippen LogP contribution in [-0.2, 0) is 0 Å². The van der Waals surface area contributed by atoms with E-state index in [0.29, 0.717) is 6.04 Å². The van der Waals surface area contributed by atoms with Gasteiger partial charge >= 0.3 is 0 Å². The quantitative estimate of drug-likeness (QED) is 0.728. The normalized spacial score (nSPS) is 12.8. The van der Waals surface area contributed by atoms with Gasteiger partial charge in [0.05, 0.1) is 0 Å². The predicted molar refractivity (Wildman–Crippen MR) is 57.8 cm³/mol. The zero-order valence-corrected chi connectivity index (χ0v) is 8.59. The van der Waals surface area contributed by atoms with E-state index in [9.17, 15) is 0 Å². The second-order valence-electron chi connectivity index (χ2n) is 3.31. The summed E-state index contributed by atoms with van der Waals surface area (Å²) in [6.07, 6.45) is 2.45. The molecule has 1 N–H and O–H groups in total. The fourth-order valence-electron chi connectivity index (χ4n) is 1.61. The maximum Gasteiger partial charge on any atom is 0.0320 e. The van der Waals surface area contributed by atoms with Crippen LogP contribution in [0.2, 0.25) is 0 Å². The Morgan fingerprint density at radius 2 is 1.85 bits per heavy atom. The molecule has 1 nitrogen and oxygen atoms in total. The van der Waals surface area contributed by atoms with Crippen molar-refractivity contribution in [1.29, 1.82) is 0 Å². The molecule has 72 valence electrons. The molecule has 1 atom stereocenters. The molecule has 1 heteroatoms. The molecule has 0 radical (unpaired) electrons. The number of hydrogen-bond acceptors (Lipinski definition) is 1. The van der Waals surface area contributed by atoms with E-state index in [1.165, 1.54) is 18.4 Å². The van der Waals surface area contributed by atoms with Crippen molar-refractivity contribution in [2.24, 2.45) is 0 Å². The first kappa shape index (κ1) is 10.3. The van der Waals surface area contributed by atoms with Crippen molar-refractivity contribution in [2.75, 3.05) is 6.54 Å². The van der Waals surface area contributed by atoms with Crippen LogP contribution >= 0.6 is 0 Å². The van der Waals surface area contributed by atoms with Gasteiger partial charge in [-0.1, -0.05) is 50.6 Å². The Morgan fingerprint density at radius 1 is 1.15 bits per heavy atom. The summed E-state index contributed by atoms with van der Waals surface area (Å²) in [4.78, 5) is 0. The Morgan fingerprint density at radius 3 is 2.38 bits per heavy atom. The monoisotopic (exact) mass is 177 g/mol. The van der Waals surface area contributed by atoms with Gasteiger partial charge in [0.2, 0.25) is 0 Å². The fraction of sp³-hybridized carbons (Fsp3) is 0.500. The molecule has 0 heterocycles. The molecule has 0 bridgehead atoms. The summed E-state index contributed by atoms with van der Waals surface area (Å²) >= 11 is 0. The van der Waals surface area contributed by atoms with E-state index >= 15 is 0 Å². The number of hydrogen-bond donors (Lipinski definition) is 1. The summed E-state index contributed by atoms with van der Waals surface area (Å²) in [5.41, 5.74) is 1.41. The van der Waals surface area contributed by atoms with Crippen LogP contribution in [0, 0.1) is 0 Å². The van der Waals surface area contributed by atoms with E-state index < -0.39 is 0 Å². The fourth-order valence-corrected chi connectivity index (χ4v) is 1.61. The topological polar surface area (TPSA) is 12.0 Å². The molecule has 13 heavy (non-hydrogen) atoms. The smallest absolute Gasteiger partial charge is 0.0320 e. The molecule has 0 saturated carbocycles. The predicted octanol–water partition coefficient (Wildman–Crippen LogP) is 3.14. The lowest BCUT2D eigenvalue weighted by Crippen LogP contribution is -2.20. The molecule has 0 fully saturated rings. The maximum atomic E-state index is 3.50. The highest BCUT2D eigenvalue weighted by atomic mass is 14.9. The lowest BCUT2D eigenvalue weighted by Gasteiger charge is -2.17. The van der Waals surface area contributed by atoms with Gasteiger partial charge in [-0.2, -0.15) is 0 Å². The van der Waals surface area contributed by atoms with E-state index in [0.717, 1.165) is 6.54 Å². The minimum absolute atomic E-state index is 0.538. The molecule has 1 aromatic carbocycles. The molecule has 0 aliphatic rings. The van der Waals surface area contributed by atoms with E-state index in [4.69, 9.17) is 0 Å². The van der Waals surface area contributed by atoms with Crippen LogP contribution in [0.15, 0.2) is 30.3 Å². The number of benzene rings is 1. The van der Waals surface area contributed by atoms with Crippen LogP contribution in [-0.4, -0.2) is 6.54 Å². The third kappa shape index (κ3) is 3.19. The van der Waals surface area contributed by atoms with Crippen LogP contribution in [0.4, 0.5) is 0 Å². The van der Waals surface area contributed by atoms with Gasteiger partial charge in [-0.05, 0) is 18.5 Å². The number of rotatable bonds is 5. The molecule has 0 aromatic heterocycles. The van der Waals surface area contributed by atoms with Crippen molar-refractivity contribution in [3.63, 3.8) is 0 Å². The van der Waals surface area contributed by atoms with Crippen molar-refractivity contribution < 1.29 is 0 Å². The van der Waals surface area contributed by atoms with Gasteiger partial charge in [0.25, 0.3) is 0 Å². The molecule has 1 rings (SSSR count). The van der Waals surface area contributed by atoms with Crippen LogP contribution in [0.3, 0.4) is 0 Å². The summed E-state index contributed by atoms with van der Waals surface area (Å²) in [7, 11) is 0. The van der Waals surface area contributed by atoms with E-state index in [2.05, 4.69) is 49.5 Å². The third-order valence-corrected chi connectivity index (χ3v) is 2.23. The van der Waals surface area contributed by atoms with Crippen LogP contribution in [0.25, 0.3) is 0 Å². The highest BCUT2D eigenvalue weighted by molar-refractivity contribution is 5.18. The molecule has 1 aromatic rings. The SMILES string of the molecule is CCCC(NCC)c1ccccc1. The number of nitrogens with one attached hydrogen (secondary N) is 1. The van der Waals surface area contributed by atoms with Gasteiger partial charge in [0, 0.05) is 6.04 Å². The minimum Gasteiger partial charge on any atom is -0.310 e. The van der Waals surface area contributed by atoms with Crippen LogP contribution in [0.5, 0.6) is 0 Å². The van der Waals surface area contributed by atoms with Gasteiger partial charge in [-0.25, -0.2) is 0 Å². The standard InChI is InChI=1S/C12H19N/c1-3-8-12(13-4-2)11-9-6-5-7-10-11/h5-7,9-10,12-13H,3-4,8H2,1-2H3. The van der Waals surface area contributed by atoms with Gasteiger partial charge in [-0.3, -0.25) is 0 Å². The van der Waals surface area contributed by atoms with E-state index in [1.54, 1.807) is 0 Å². The molecular formula is C12H19N. The largest absolute Gasteiger partial charge is 0.310 e. The van der Waals surface area contributed by atoms with Gasteiger partial charge in [-0.15, -0.1) is 0 Å². The molecule has 0 amide bonds. The van der Waals surface area contributed by atoms with Crippen molar-refractivity contribution in [3.05, 3.63) is 35.9 Å².